The van der Waals surface area contributed by atoms with E-state index in [0.717, 1.165) is 30.3 Å². The Hall–Kier alpha value is -3.63. The topological polar surface area (TPSA) is 108 Å². The van der Waals surface area contributed by atoms with Crippen molar-refractivity contribution in [2.24, 2.45) is 0 Å². The van der Waals surface area contributed by atoms with Crippen molar-refractivity contribution in [3.05, 3.63) is 63.7 Å². The summed E-state index contributed by atoms with van der Waals surface area (Å²) in [5.41, 5.74) is -1.40. The number of benzene rings is 2. The van der Waals surface area contributed by atoms with Crippen LogP contribution in [0.4, 0.5) is 24.5 Å². The molecule has 0 saturated heterocycles. The van der Waals surface area contributed by atoms with Gasteiger partial charge in [-0.05, 0) is 43.3 Å². The van der Waals surface area contributed by atoms with E-state index in [-0.39, 0.29) is 23.6 Å². The molecule has 0 spiro atoms. The smallest absolute Gasteiger partial charge is 0.416 e. The highest BCUT2D eigenvalue weighted by Gasteiger charge is 2.30. The molecule has 0 aliphatic heterocycles. The Morgan fingerprint density at radius 2 is 1.79 bits per heavy atom. The standard InChI is InChI=1S/C18H15F3N2O6/c1-2-28-15-8-3-11(9-14(15)23(26)27)17(25)29-10-16(24)22-13-6-4-12(5-7-13)18(19,20)21/h3-9H,2,10H2,1H3,(H,22,24). The lowest BCUT2D eigenvalue weighted by atomic mass is 10.2. The van der Waals surface area contributed by atoms with Gasteiger partial charge in [0.1, 0.15) is 0 Å². The van der Waals surface area contributed by atoms with Gasteiger partial charge in [-0.2, -0.15) is 13.2 Å². The van der Waals surface area contributed by atoms with Gasteiger partial charge in [0.05, 0.1) is 22.7 Å². The number of carbonyl (C=O) groups is 2. The van der Waals surface area contributed by atoms with Crippen molar-refractivity contribution in [1.82, 2.24) is 0 Å². The van der Waals surface area contributed by atoms with Gasteiger partial charge in [0.15, 0.2) is 12.4 Å². The minimum absolute atomic E-state index is 0.0194. The largest absolute Gasteiger partial charge is 0.487 e. The second-order valence-electron chi connectivity index (χ2n) is 5.57. The summed E-state index contributed by atoms with van der Waals surface area (Å²) in [6, 6.07) is 7.13. The van der Waals surface area contributed by atoms with Gasteiger partial charge in [-0.3, -0.25) is 14.9 Å². The Kier molecular flexibility index (Phi) is 6.75. The molecule has 154 valence electrons. The first-order valence-corrected chi connectivity index (χ1v) is 8.17. The van der Waals surface area contributed by atoms with E-state index in [1.54, 1.807) is 6.92 Å². The van der Waals surface area contributed by atoms with E-state index in [1.165, 1.54) is 12.1 Å². The van der Waals surface area contributed by atoms with Crippen molar-refractivity contribution in [3.8, 4) is 5.75 Å². The van der Waals surface area contributed by atoms with Crippen LogP contribution in [0.25, 0.3) is 0 Å². The Morgan fingerprint density at radius 3 is 2.34 bits per heavy atom. The van der Waals surface area contributed by atoms with Crippen molar-refractivity contribution in [2.45, 2.75) is 13.1 Å². The molecule has 1 amide bonds. The molecule has 2 aromatic carbocycles. The molecule has 11 heteroatoms. The van der Waals surface area contributed by atoms with Crippen LogP contribution in [-0.2, 0) is 15.7 Å². The average Bonchev–Trinajstić information content (AvgIpc) is 2.66. The number of nitro groups is 1. The first-order valence-electron chi connectivity index (χ1n) is 8.17. The maximum Gasteiger partial charge on any atom is 0.416 e. The minimum Gasteiger partial charge on any atom is -0.487 e. The molecular formula is C18H15F3N2O6. The summed E-state index contributed by atoms with van der Waals surface area (Å²) in [5, 5.41) is 13.3. The number of ether oxygens (including phenoxy) is 2. The van der Waals surface area contributed by atoms with E-state index in [0.29, 0.717) is 0 Å². The van der Waals surface area contributed by atoms with Crippen LogP contribution < -0.4 is 10.1 Å². The number of amides is 1. The number of rotatable bonds is 7. The van der Waals surface area contributed by atoms with Gasteiger partial charge < -0.3 is 14.8 Å². The Morgan fingerprint density at radius 1 is 1.14 bits per heavy atom. The lowest BCUT2D eigenvalue weighted by Crippen LogP contribution is -2.21. The van der Waals surface area contributed by atoms with E-state index >= 15 is 0 Å². The zero-order valence-electron chi connectivity index (χ0n) is 15.0. The molecule has 0 bridgehead atoms. The second kappa shape index (κ2) is 9.04. The molecule has 0 aliphatic carbocycles. The van der Waals surface area contributed by atoms with Crippen LogP contribution in [0.1, 0.15) is 22.8 Å². The predicted molar refractivity (Wildman–Crippen MR) is 94.6 cm³/mol. The van der Waals surface area contributed by atoms with Crippen molar-refractivity contribution in [3.63, 3.8) is 0 Å². The molecule has 1 N–H and O–H groups in total. The van der Waals surface area contributed by atoms with Gasteiger partial charge in [-0.15, -0.1) is 0 Å². The number of hydrogen-bond donors (Lipinski definition) is 1. The summed E-state index contributed by atoms with van der Waals surface area (Å²) in [7, 11) is 0. The summed E-state index contributed by atoms with van der Waals surface area (Å²) < 4.78 is 47.4. The molecule has 0 heterocycles. The molecule has 0 fully saturated rings. The highest BCUT2D eigenvalue weighted by molar-refractivity contribution is 5.95. The van der Waals surface area contributed by atoms with Gasteiger partial charge in [-0.1, -0.05) is 0 Å². The van der Waals surface area contributed by atoms with Crippen LogP contribution in [-0.4, -0.2) is 30.0 Å². The number of carbonyl (C=O) groups excluding carboxylic acids is 2. The number of alkyl halides is 3. The molecule has 29 heavy (non-hydrogen) atoms. The molecular weight excluding hydrogens is 397 g/mol. The Labute approximate surface area is 162 Å². The molecule has 0 atom stereocenters. The normalized spacial score (nSPS) is 10.9. The van der Waals surface area contributed by atoms with Crippen LogP contribution in [0.5, 0.6) is 5.75 Å². The van der Waals surface area contributed by atoms with Gasteiger partial charge in [-0.25, -0.2) is 4.79 Å². The predicted octanol–water partition coefficient (Wildman–Crippen LogP) is 3.81. The average molecular weight is 412 g/mol. The zero-order chi connectivity index (χ0) is 21.6. The fraction of sp³-hybridized carbons (Fsp3) is 0.222. The summed E-state index contributed by atoms with van der Waals surface area (Å²) in [4.78, 5) is 34.2. The van der Waals surface area contributed by atoms with Crippen LogP contribution >= 0.6 is 0 Å². The molecule has 0 unspecified atom stereocenters. The Balaban J connectivity index is 1.97. The number of halogens is 3. The lowest BCUT2D eigenvalue weighted by molar-refractivity contribution is -0.385. The Bertz CT molecular complexity index is 913. The van der Waals surface area contributed by atoms with Crippen LogP contribution in [0.15, 0.2) is 42.5 Å². The van der Waals surface area contributed by atoms with E-state index in [1.807, 2.05) is 0 Å². The van der Waals surface area contributed by atoms with Gasteiger partial charge >= 0.3 is 17.8 Å². The summed E-state index contributed by atoms with van der Waals surface area (Å²) in [5.74, 6) is -1.80. The third-order valence-corrected chi connectivity index (χ3v) is 3.52. The molecule has 0 aliphatic rings. The summed E-state index contributed by atoms with van der Waals surface area (Å²) >= 11 is 0. The number of nitrogens with one attached hydrogen (secondary N) is 1. The van der Waals surface area contributed by atoms with Crippen molar-refractivity contribution in [1.29, 1.82) is 0 Å². The fourth-order valence-corrected chi connectivity index (χ4v) is 2.22. The fourth-order valence-electron chi connectivity index (χ4n) is 2.22. The van der Waals surface area contributed by atoms with E-state index in [4.69, 9.17) is 9.47 Å². The minimum atomic E-state index is -4.50. The zero-order valence-corrected chi connectivity index (χ0v) is 15.0. The molecule has 2 rings (SSSR count). The lowest BCUT2D eigenvalue weighted by Gasteiger charge is -2.09. The molecule has 0 saturated carbocycles. The maximum absolute atomic E-state index is 12.5. The van der Waals surface area contributed by atoms with Crippen LogP contribution in [0.3, 0.4) is 0 Å². The van der Waals surface area contributed by atoms with Crippen LogP contribution in [0.2, 0.25) is 0 Å². The summed E-state index contributed by atoms with van der Waals surface area (Å²) in [6.07, 6.45) is -4.50. The summed E-state index contributed by atoms with van der Waals surface area (Å²) in [6.45, 7) is 1.09. The number of nitrogens with zero attached hydrogens (tertiary/aromatic N) is 1. The van der Waals surface area contributed by atoms with E-state index in [9.17, 15) is 32.9 Å². The third-order valence-electron chi connectivity index (χ3n) is 3.52. The molecule has 2 aromatic rings. The van der Waals surface area contributed by atoms with Crippen molar-refractivity contribution in [2.75, 3.05) is 18.5 Å². The van der Waals surface area contributed by atoms with Crippen molar-refractivity contribution >= 4 is 23.3 Å². The number of hydrogen-bond acceptors (Lipinski definition) is 6. The molecule has 0 radical (unpaired) electrons. The van der Waals surface area contributed by atoms with Gasteiger partial charge in [0.25, 0.3) is 5.91 Å². The molecule has 0 aromatic heterocycles. The van der Waals surface area contributed by atoms with Crippen LogP contribution in [0, 0.1) is 10.1 Å². The second-order valence-corrected chi connectivity index (χ2v) is 5.57. The highest BCUT2D eigenvalue weighted by atomic mass is 19.4. The maximum atomic E-state index is 12.5. The number of esters is 1. The SMILES string of the molecule is CCOc1ccc(C(=O)OCC(=O)Nc2ccc(C(F)(F)F)cc2)cc1[N+](=O)[O-]. The number of nitro benzene ring substituents is 1. The van der Waals surface area contributed by atoms with E-state index < -0.39 is 40.8 Å². The first kappa shape index (κ1) is 21.7. The van der Waals surface area contributed by atoms with Gasteiger partial charge in [0.2, 0.25) is 0 Å². The van der Waals surface area contributed by atoms with Gasteiger partial charge in [0, 0.05) is 11.8 Å². The van der Waals surface area contributed by atoms with Crippen molar-refractivity contribution < 1.29 is 37.2 Å². The molecule has 8 nitrogen and oxygen atoms in total. The first-order chi connectivity index (χ1) is 13.6. The van der Waals surface area contributed by atoms with E-state index in [2.05, 4.69) is 5.32 Å². The third kappa shape index (κ3) is 5.92. The monoisotopic (exact) mass is 412 g/mol. The quantitative estimate of drug-likeness (QED) is 0.421. The number of anilines is 1. The highest BCUT2D eigenvalue weighted by Crippen LogP contribution is 2.30.